The molecule has 0 atom stereocenters. The maximum Gasteiger partial charge on any atom is 0.341 e. The molecule has 0 fully saturated rings. The molecule has 0 saturated heterocycles. The van der Waals surface area contributed by atoms with Crippen LogP contribution in [0.3, 0.4) is 0 Å². The number of ether oxygens (including phenoxy) is 1. The van der Waals surface area contributed by atoms with E-state index in [9.17, 15) is 4.79 Å². The number of carboxylic acid groups (broad SMARTS) is 1. The molecule has 0 aliphatic rings. The predicted molar refractivity (Wildman–Crippen MR) is 78.9 cm³/mol. The van der Waals surface area contributed by atoms with E-state index < -0.39 is 5.97 Å². The first kappa shape index (κ1) is 15.0. The average Bonchev–Trinajstić information content (AvgIpc) is 2.40. The Morgan fingerprint density at radius 1 is 1.24 bits per heavy atom. The van der Waals surface area contributed by atoms with Crippen LogP contribution < -0.4 is 4.74 Å². The summed E-state index contributed by atoms with van der Waals surface area (Å²) in [5, 5.41) is 16.7. The van der Waals surface area contributed by atoms with Crippen LogP contribution in [0.15, 0.2) is 30.5 Å². The Kier molecular flexibility index (Phi) is 3.93. The second kappa shape index (κ2) is 5.52. The number of nitrogens with zero attached hydrogens (tertiary/aromatic N) is 2. The number of benzene rings is 1. The van der Waals surface area contributed by atoms with E-state index >= 15 is 0 Å². The minimum Gasteiger partial charge on any atom is -0.477 e. The lowest BCUT2D eigenvalue weighted by Crippen LogP contribution is -2.13. The third-order valence-corrected chi connectivity index (χ3v) is 3.07. The Morgan fingerprint density at radius 3 is 2.57 bits per heavy atom. The lowest BCUT2D eigenvalue weighted by molar-refractivity contribution is 0.0693. The number of carboxylic acids is 1. The minimum atomic E-state index is -1.09. The molecule has 0 spiro atoms. The summed E-state index contributed by atoms with van der Waals surface area (Å²) in [6.07, 6.45) is 1.33. The highest BCUT2D eigenvalue weighted by molar-refractivity contribution is 5.90. The third-order valence-electron chi connectivity index (χ3n) is 3.07. The van der Waals surface area contributed by atoms with Crippen LogP contribution in [0, 0.1) is 6.92 Å². The van der Waals surface area contributed by atoms with Crippen LogP contribution in [0.25, 0.3) is 0 Å². The molecule has 0 bridgehead atoms. The van der Waals surface area contributed by atoms with E-state index in [0.717, 1.165) is 11.1 Å². The number of hydrogen-bond donors (Lipinski definition) is 1. The highest BCUT2D eigenvalue weighted by Crippen LogP contribution is 2.35. The van der Waals surface area contributed by atoms with Gasteiger partial charge in [-0.15, -0.1) is 5.10 Å². The smallest absolute Gasteiger partial charge is 0.341 e. The van der Waals surface area contributed by atoms with E-state index in [-0.39, 0.29) is 16.9 Å². The summed E-state index contributed by atoms with van der Waals surface area (Å²) >= 11 is 0. The molecule has 0 saturated carbocycles. The topological polar surface area (TPSA) is 72.3 Å². The van der Waals surface area contributed by atoms with Crippen molar-refractivity contribution in [3.63, 3.8) is 0 Å². The van der Waals surface area contributed by atoms with Gasteiger partial charge in [0, 0.05) is 5.56 Å². The van der Waals surface area contributed by atoms with Gasteiger partial charge >= 0.3 is 5.97 Å². The Labute approximate surface area is 123 Å². The van der Waals surface area contributed by atoms with Gasteiger partial charge in [0.05, 0.1) is 6.20 Å². The number of aryl methyl sites for hydroxylation is 1. The molecular weight excluding hydrogens is 268 g/mol. The van der Waals surface area contributed by atoms with Crippen molar-refractivity contribution in [3.8, 4) is 11.6 Å². The zero-order valence-corrected chi connectivity index (χ0v) is 12.5. The van der Waals surface area contributed by atoms with Gasteiger partial charge in [0.1, 0.15) is 11.3 Å². The molecule has 0 unspecified atom stereocenters. The van der Waals surface area contributed by atoms with Gasteiger partial charge in [-0.3, -0.25) is 0 Å². The van der Waals surface area contributed by atoms with Crippen molar-refractivity contribution in [2.24, 2.45) is 0 Å². The van der Waals surface area contributed by atoms with E-state index in [1.165, 1.54) is 12.3 Å². The Bertz CT molecular complexity index is 675. The van der Waals surface area contributed by atoms with Crippen molar-refractivity contribution in [2.45, 2.75) is 33.1 Å². The maximum absolute atomic E-state index is 11.2. The van der Waals surface area contributed by atoms with Gasteiger partial charge in [-0.25, -0.2) is 4.79 Å². The van der Waals surface area contributed by atoms with E-state index in [0.29, 0.717) is 5.75 Å². The normalized spacial score (nSPS) is 11.2. The molecule has 1 aromatic carbocycles. The number of aromatic nitrogens is 2. The van der Waals surface area contributed by atoms with Crippen LogP contribution in [-0.2, 0) is 5.41 Å². The van der Waals surface area contributed by atoms with E-state index in [1.54, 1.807) is 0 Å². The minimum absolute atomic E-state index is 0.000599. The molecule has 21 heavy (non-hydrogen) atoms. The SMILES string of the molecule is Cc1ccc(Oc2nnccc2C(=O)O)c(C(C)(C)C)c1. The molecule has 5 heteroatoms. The quantitative estimate of drug-likeness (QED) is 0.933. The van der Waals surface area contributed by atoms with Crippen molar-refractivity contribution in [1.82, 2.24) is 10.2 Å². The summed E-state index contributed by atoms with van der Waals surface area (Å²) in [5.41, 5.74) is 1.97. The molecule has 0 radical (unpaired) electrons. The van der Waals surface area contributed by atoms with Gasteiger partial charge in [0.25, 0.3) is 5.88 Å². The van der Waals surface area contributed by atoms with Crippen molar-refractivity contribution in [3.05, 3.63) is 47.2 Å². The van der Waals surface area contributed by atoms with Crippen LogP contribution in [0.5, 0.6) is 11.6 Å². The first-order chi connectivity index (χ1) is 9.79. The fourth-order valence-electron chi connectivity index (χ4n) is 1.98. The molecule has 1 aromatic heterocycles. The predicted octanol–water partition coefficient (Wildman–Crippen LogP) is 3.57. The van der Waals surface area contributed by atoms with Crippen LogP contribution in [0.1, 0.15) is 42.3 Å². The molecule has 0 aliphatic heterocycles. The number of carbonyl (C=O) groups is 1. The fourth-order valence-corrected chi connectivity index (χ4v) is 1.98. The Hall–Kier alpha value is -2.43. The molecule has 110 valence electrons. The summed E-state index contributed by atoms with van der Waals surface area (Å²) in [5.74, 6) is -0.500. The van der Waals surface area contributed by atoms with Gasteiger partial charge in [-0.05, 0) is 24.5 Å². The molecule has 5 nitrogen and oxygen atoms in total. The maximum atomic E-state index is 11.2. The van der Waals surface area contributed by atoms with Crippen LogP contribution in [0.4, 0.5) is 0 Å². The summed E-state index contributed by atoms with van der Waals surface area (Å²) < 4.78 is 5.73. The van der Waals surface area contributed by atoms with Crippen molar-refractivity contribution >= 4 is 5.97 Å². The monoisotopic (exact) mass is 286 g/mol. The van der Waals surface area contributed by atoms with E-state index in [4.69, 9.17) is 9.84 Å². The molecule has 0 aliphatic carbocycles. The van der Waals surface area contributed by atoms with Gasteiger partial charge in [-0.2, -0.15) is 5.10 Å². The van der Waals surface area contributed by atoms with E-state index in [2.05, 4.69) is 31.0 Å². The highest BCUT2D eigenvalue weighted by atomic mass is 16.5. The highest BCUT2D eigenvalue weighted by Gasteiger charge is 2.21. The fraction of sp³-hybridized carbons (Fsp3) is 0.312. The van der Waals surface area contributed by atoms with Gasteiger partial charge in [-0.1, -0.05) is 38.5 Å². The lowest BCUT2D eigenvalue weighted by atomic mass is 9.85. The molecule has 2 rings (SSSR count). The Morgan fingerprint density at radius 2 is 1.95 bits per heavy atom. The summed E-state index contributed by atoms with van der Waals surface area (Å²) in [6, 6.07) is 7.15. The van der Waals surface area contributed by atoms with Crippen molar-refractivity contribution < 1.29 is 14.6 Å². The van der Waals surface area contributed by atoms with Crippen molar-refractivity contribution in [1.29, 1.82) is 0 Å². The standard InChI is InChI=1S/C16H18N2O3/c1-10-5-6-13(12(9-10)16(2,3)4)21-14-11(15(19)20)7-8-17-18-14/h5-9H,1-4H3,(H,19,20). The molecule has 1 N–H and O–H groups in total. The zero-order valence-electron chi connectivity index (χ0n) is 12.5. The van der Waals surface area contributed by atoms with Crippen LogP contribution in [0.2, 0.25) is 0 Å². The molecule has 1 heterocycles. The number of hydrogen-bond acceptors (Lipinski definition) is 4. The Balaban J connectivity index is 2.48. The molecule has 0 amide bonds. The van der Waals surface area contributed by atoms with Crippen LogP contribution >= 0.6 is 0 Å². The first-order valence-corrected chi connectivity index (χ1v) is 6.63. The largest absolute Gasteiger partial charge is 0.477 e. The summed E-state index contributed by atoms with van der Waals surface area (Å²) in [6.45, 7) is 8.22. The second-order valence-electron chi connectivity index (χ2n) is 5.91. The summed E-state index contributed by atoms with van der Waals surface area (Å²) in [4.78, 5) is 11.2. The number of rotatable bonds is 3. The second-order valence-corrected chi connectivity index (χ2v) is 5.91. The average molecular weight is 286 g/mol. The lowest BCUT2D eigenvalue weighted by Gasteiger charge is -2.23. The van der Waals surface area contributed by atoms with Crippen molar-refractivity contribution in [2.75, 3.05) is 0 Å². The molecule has 2 aromatic rings. The molecular formula is C16H18N2O3. The third kappa shape index (κ3) is 3.37. The first-order valence-electron chi connectivity index (χ1n) is 6.63. The summed E-state index contributed by atoms with van der Waals surface area (Å²) in [7, 11) is 0. The zero-order chi connectivity index (χ0) is 15.6. The van der Waals surface area contributed by atoms with Gasteiger partial charge in [0.2, 0.25) is 0 Å². The van der Waals surface area contributed by atoms with Gasteiger partial charge in [0.15, 0.2) is 0 Å². The number of aromatic carboxylic acids is 1. The van der Waals surface area contributed by atoms with Gasteiger partial charge < -0.3 is 9.84 Å². The van der Waals surface area contributed by atoms with Crippen LogP contribution in [-0.4, -0.2) is 21.3 Å². The van der Waals surface area contributed by atoms with E-state index in [1.807, 2.05) is 25.1 Å².